The van der Waals surface area contributed by atoms with Crippen LogP contribution in [0.4, 0.5) is 0 Å². The van der Waals surface area contributed by atoms with Gasteiger partial charge in [0, 0.05) is 28.9 Å². The number of H-pyrrole nitrogens is 1. The molecule has 3 aromatic rings. The van der Waals surface area contributed by atoms with Gasteiger partial charge in [0.05, 0.1) is 28.4 Å². The van der Waals surface area contributed by atoms with Gasteiger partial charge in [-0.2, -0.15) is 0 Å². The van der Waals surface area contributed by atoms with Gasteiger partial charge in [-0.3, -0.25) is 4.52 Å². The molecule has 0 spiro atoms. The maximum Gasteiger partial charge on any atom is 0.539 e. The molecule has 0 saturated heterocycles. The van der Waals surface area contributed by atoms with Crippen LogP contribution in [0.25, 0.3) is 16.9 Å². The van der Waals surface area contributed by atoms with Gasteiger partial charge < -0.3 is 23.8 Å². The van der Waals surface area contributed by atoms with Crippen LogP contribution in [0.2, 0.25) is 0 Å². The zero-order chi connectivity index (χ0) is 21.0. The lowest BCUT2D eigenvalue weighted by Crippen LogP contribution is -2.35. The Bertz CT molecular complexity index is 1010. The van der Waals surface area contributed by atoms with E-state index >= 15 is 0 Å². The molecule has 1 aromatic heterocycles. The molecule has 0 aliphatic rings. The van der Waals surface area contributed by atoms with E-state index in [0.717, 1.165) is 0 Å². The largest absolute Gasteiger partial charge is 0.558 e. The number of benzene rings is 2. The van der Waals surface area contributed by atoms with Crippen molar-refractivity contribution in [1.29, 1.82) is 0 Å². The van der Waals surface area contributed by atoms with Crippen LogP contribution in [-0.4, -0.2) is 38.8 Å². The highest BCUT2D eigenvalue weighted by Gasteiger charge is 2.23. The van der Waals surface area contributed by atoms with Gasteiger partial charge in [-0.05, 0) is 16.7 Å². The van der Waals surface area contributed by atoms with E-state index < -0.39 is 8.25 Å². The average molecular weight is 420 g/mol. The molecule has 29 heavy (non-hydrogen) atoms. The van der Waals surface area contributed by atoms with Gasteiger partial charge in [-0.15, -0.1) is 4.68 Å². The topological polar surface area (TPSA) is 119 Å². The van der Waals surface area contributed by atoms with Crippen molar-refractivity contribution in [1.82, 2.24) is 10.3 Å². The fourth-order valence-electron chi connectivity index (χ4n) is 2.84. The summed E-state index contributed by atoms with van der Waals surface area (Å²) in [6.07, 6.45) is 1.59. The van der Waals surface area contributed by atoms with Crippen molar-refractivity contribution >= 4 is 8.25 Å². The summed E-state index contributed by atoms with van der Waals surface area (Å²) in [6, 6.07) is 8.40. The summed E-state index contributed by atoms with van der Waals surface area (Å²) >= 11 is 0. The van der Waals surface area contributed by atoms with Crippen LogP contribution < -0.4 is 33.0 Å². The molecule has 0 radical (unpaired) electrons. The van der Waals surface area contributed by atoms with Gasteiger partial charge in [0.15, 0.2) is 22.9 Å². The van der Waals surface area contributed by atoms with Crippen molar-refractivity contribution in [2.24, 2.45) is 0 Å². The van der Waals surface area contributed by atoms with Crippen molar-refractivity contribution in [3.63, 3.8) is 0 Å². The molecule has 0 saturated carbocycles. The first-order valence-corrected chi connectivity index (χ1v) is 9.38. The van der Waals surface area contributed by atoms with Crippen LogP contribution in [0.3, 0.4) is 0 Å². The Hall–Kier alpha value is -3.36. The first-order chi connectivity index (χ1) is 14.0. The fourth-order valence-corrected chi connectivity index (χ4v) is 3.15. The Labute approximate surface area is 167 Å². The number of aromatic nitrogens is 3. The van der Waals surface area contributed by atoms with E-state index in [2.05, 4.69) is 10.3 Å². The molecule has 0 fully saturated rings. The lowest BCUT2D eigenvalue weighted by Gasteiger charge is -2.13. The number of methoxy groups -OCH3 is 4. The van der Waals surface area contributed by atoms with E-state index in [4.69, 9.17) is 23.5 Å². The Kier molecular flexibility index (Phi) is 6.16. The van der Waals surface area contributed by atoms with Crippen LogP contribution >= 0.6 is 8.25 Å². The molecular formula is C18H19N3O7P+. The maximum absolute atomic E-state index is 11.0. The predicted molar refractivity (Wildman–Crippen MR) is 100.0 cm³/mol. The zero-order valence-electron chi connectivity index (χ0n) is 16.2. The Morgan fingerprint density at radius 2 is 1.59 bits per heavy atom. The van der Waals surface area contributed by atoms with Crippen molar-refractivity contribution in [2.75, 3.05) is 28.4 Å². The standard InChI is InChI=1S/C18H18N3O7P/c1-24-14-6-5-11(7-15(14)28-29(22)23)13-10-19-20-21(13)12-8-16(25-2)18(27-4)17(9-12)26-3/h5-10H,1-4H3/p+1. The third-order valence-corrected chi connectivity index (χ3v) is 4.47. The van der Waals surface area contributed by atoms with Crippen LogP contribution in [0.5, 0.6) is 28.7 Å². The molecule has 0 aliphatic carbocycles. The summed E-state index contributed by atoms with van der Waals surface area (Å²) in [5, 5.41) is 6.97. The van der Waals surface area contributed by atoms with Crippen LogP contribution in [0, 0.1) is 0 Å². The molecule has 3 rings (SSSR count). The highest BCUT2D eigenvalue weighted by Crippen LogP contribution is 2.39. The third-order valence-electron chi connectivity index (χ3n) is 4.13. The first kappa shape index (κ1) is 20.4. The summed E-state index contributed by atoms with van der Waals surface area (Å²) in [7, 11) is 2.90. The van der Waals surface area contributed by atoms with Gasteiger partial charge in [-0.25, -0.2) is 0 Å². The fraction of sp³-hybridized carbons (Fsp3) is 0.222. The lowest BCUT2D eigenvalue weighted by atomic mass is 10.1. The molecule has 2 aromatic carbocycles. The minimum atomic E-state index is -3.10. The highest BCUT2D eigenvalue weighted by molar-refractivity contribution is 7.31. The van der Waals surface area contributed by atoms with E-state index in [1.54, 1.807) is 41.2 Å². The van der Waals surface area contributed by atoms with Crippen molar-refractivity contribution in [2.45, 2.75) is 0 Å². The average Bonchev–Trinajstić information content (AvgIpc) is 3.22. The number of rotatable bonds is 8. The number of hydrogen-bond donors (Lipinski definition) is 1. The maximum atomic E-state index is 11.0. The second-order valence-electron chi connectivity index (χ2n) is 5.64. The van der Waals surface area contributed by atoms with Gasteiger partial charge >= 0.3 is 8.25 Å². The van der Waals surface area contributed by atoms with Gasteiger partial charge in [0.1, 0.15) is 0 Å². The van der Waals surface area contributed by atoms with Gasteiger partial charge in [0.25, 0.3) is 0 Å². The van der Waals surface area contributed by atoms with E-state index in [1.807, 2.05) is 0 Å². The molecule has 0 amide bonds. The SMILES string of the molecule is COc1ccc(-c2cn[nH][n+]2-c2cc(OC)c(OC)c(OC)c2)cc1O[P+](=O)[O-]. The molecule has 1 N–H and O–H groups in total. The second kappa shape index (κ2) is 8.76. The van der Waals surface area contributed by atoms with Crippen LogP contribution in [0.1, 0.15) is 0 Å². The Balaban J connectivity index is 2.12. The molecular weight excluding hydrogens is 401 g/mol. The number of nitrogens with zero attached hydrogens (tertiary/aromatic N) is 2. The second-order valence-corrected chi connectivity index (χ2v) is 6.27. The minimum absolute atomic E-state index is 0.0683. The monoisotopic (exact) mass is 420 g/mol. The zero-order valence-corrected chi connectivity index (χ0v) is 17.1. The van der Waals surface area contributed by atoms with E-state index in [-0.39, 0.29) is 11.5 Å². The highest BCUT2D eigenvalue weighted by atomic mass is 31.1. The normalized spacial score (nSPS) is 11.0. The molecule has 1 heterocycles. The van der Waals surface area contributed by atoms with Crippen molar-refractivity contribution in [3.05, 3.63) is 36.5 Å². The first-order valence-electron chi connectivity index (χ1n) is 8.29. The number of ether oxygens (including phenoxy) is 4. The predicted octanol–water partition coefficient (Wildman–Crippen LogP) is 1.78. The quantitative estimate of drug-likeness (QED) is 0.433. The summed E-state index contributed by atoms with van der Waals surface area (Å²) < 4.78 is 38.9. The molecule has 0 aliphatic heterocycles. The minimum Gasteiger partial charge on any atom is -0.558 e. The lowest BCUT2D eigenvalue weighted by molar-refractivity contribution is -0.648. The van der Waals surface area contributed by atoms with E-state index in [9.17, 15) is 9.46 Å². The summed E-state index contributed by atoms with van der Waals surface area (Å²) in [6.45, 7) is 0. The Morgan fingerprint density at radius 1 is 0.931 bits per heavy atom. The van der Waals surface area contributed by atoms with Crippen molar-refractivity contribution in [3.8, 4) is 45.7 Å². The number of aromatic amines is 1. The number of hydrogen-bond acceptors (Lipinski definition) is 8. The molecule has 0 bridgehead atoms. The van der Waals surface area contributed by atoms with E-state index in [1.165, 1.54) is 28.4 Å². The smallest absolute Gasteiger partial charge is 0.539 e. The summed E-state index contributed by atoms with van der Waals surface area (Å²) in [5.41, 5.74) is 1.92. The summed E-state index contributed by atoms with van der Waals surface area (Å²) in [4.78, 5) is 11.0. The molecule has 10 nitrogen and oxygen atoms in total. The van der Waals surface area contributed by atoms with E-state index in [0.29, 0.717) is 34.2 Å². The molecule has 152 valence electrons. The van der Waals surface area contributed by atoms with Crippen LogP contribution in [0.15, 0.2) is 36.5 Å². The van der Waals surface area contributed by atoms with Crippen molar-refractivity contribution < 1.29 is 37.6 Å². The summed E-state index contributed by atoms with van der Waals surface area (Å²) in [5.74, 6) is 1.75. The van der Waals surface area contributed by atoms with Gasteiger partial charge in [-0.1, -0.05) is 5.21 Å². The number of nitrogens with one attached hydrogen (secondary N) is 1. The van der Waals surface area contributed by atoms with Gasteiger partial charge in [0.2, 0.25) is 23.4 Å². The molecule has 1 atom stereocenters. The molecule has 1 unspecified atom stereocenters. The van der Waals surface area contributed by atoms with Crippen LogP contribution in [-0.2, 0) is 4.57 Å². The third kappa shape index (κ3) is 4.08. The molecule has 11 heteroatoms. The Morgan fingerprint density at radius 3 is 2.14 bits per heavy atom.